The Morgan fingerprint density at radius 3 is 2.62 bits per heavy atom. The maximum Gasteiger partial charge on any atom is 0.292 e. The van der Waals surface area contributed by atoms with Crippen LogP contribution in [-0.2, 0) is 6.54 Å². The van der Waals surface area contributed by atoms with Gasteiger partial charge in [0.05, 0.1) is 7.11 Å². The number of nitrogens with zero attached hydrogens (tertiary/aromatic N) is 2. The van der Waals surface area contributed by atoms with Crippen LogP contribution in [0.4, 0.5) is 0 Å². The van der Waals surface area contributed by atoms with E-state index in [1.807, 2.05) is 31.2 Å². The number of methoxy groups -OCH3 is 1. The molecule has 0 unspecified atom stereocenters. The number of ether oxygens (including phenoxy) is 1. The van der Waals surface area contributed by atoms with Gasteiger partial charge in [0.2, 0.25) is 5.76 Å². The normalized spacial score (nSPS) is 10.6. The maximum absolute atomic E-state index is 12.7. The zero-order chi connectivity index (χ0) is 18.7. The second-order valence-electron chi connectivity index (χ2n) is 6.06. The van der Waals surface area contributed by atoms with Gasteiger partial charge < -0.3 is 14.2 Å². The number of amides is 1. The topological polar surface area (TPSA) is 55.6 Å². The van der Waals surface area contributed by atoms with Gasteiger partial charge in [-0.15, -0.1) is 0 Å². The molecule has 0 saturated carbocycles. The van der Waals surface area contributed by atoms with Gasteiger partial charge in [0.15, 0.2) is 0 Å². The van der Waals surface area contributed by atoms with E-state index in [4.69, 9.17) is 20.9 Å². The third kappa shape index (κ3) is 3.89. The van der Waals surface area contributed by atoms with E-state index < -0.39 is 0 Å². The fraction of sp³-hybridized carbons (Fsp3) is 0.200. The van der Waals surface area contributed by atoms with Crippen molar-refractivity contribution in [3.63, 3.8) is 0 Å². The number of carbonyl (C=O) groups is 1. The number of hydrogen-bond donors (Lipinski definition) is 0. The van der Waals surface area contributed by atoms with Crippen molar-refractivity contribution in [1.82, 2.24) is 10.1 Å². The van der Waals surface area contributed by atoms with Gasteiger partial charge in [-0.3, -0.25) is 4.79 Å². The Balaban J connectivity index is 1.77. The van der Waals surface area contributed by atoms with E-state index in [0.717, 1.165) is 16.7 Å². The Kier molecular flexibility index (Phi) is 5.28. The molecule has 0 radical (unpaired) electrons. The van der Waals surface area contributed by atoms with E-state index in [0.29, 0.717) is 23.0 Å². The van der Waals surface area contributed by atoms with Crippen molar-refractivity contribution in [2.75, 3.05) is 14.2 Å². The van der Waals surface area contributed by atoms with Gasteiger partial charge in [0.25, 0.3) is 5.91 Å². The Morgan fingerprint density at radius 2 is 1.92 bits per heavy atom. The van der Waals surface area contributed by atoms with Gasteiger partial charge in [-0.25, -0.2) is 0 Å². The average Bonchev–Trinajstić information content (AvgIpc) is 3.12. The quantitative estimate of drug-likeness (QED) is 0.659. The van der Waals surface area contributed by atoms with Crippen LogP contribution in [0, 0.1) is 6.92 Å². The molecule has 1 amide bonds. The Hall–Kier alpha value is -2.79. The molecule has 0 saturated heterocycles. The van der Waals surface area contributed by atoms with Crippen molar-refractivity contribution in [3.8, 4) is 17.0 Å². The second kappa shape index (κ2) is 7.62. The SMILES string of the molecule is COc1ccc(Cl)cc1CN(C)C(=O)c1cc(-c2ccc(C)cc2)no1. The van der Waals surface area contributed by atoms with Crippen molar-refractivity contribution >= 4 is 17.5 Å². The molecule has 0 aliphatic heterocycles. The summed E-state index contributed by atoms with van der Waals surface area (Å²) in [5.74, 6) is 0.592. The molecule has 5 nitrogen and oxygen atoms in total. The molecule has 2 aromatic carbocycles. The lowest BCUT2D eigenvalue weighted by molar-refractivity contribution is 0.0742. The molecular formula is C20H19ClN2O3. The van der Waals surface area contributed by atoms with Gasteiger partial charge in [-0.2, -0.15) is 0 Å². The zero-order valence-corrected chi connectivity index (χ0v) is 15.6. The molecule has 0 aliphatic carbocycles. The molecule has 0 aliphatic rings. The van der Waals surface area contributed by atoms with Gasteiger partial charge in [0, 0.05) is 35.8 Å². The minimum absolute atomic E-state index is 0.184. The summed E-state index contributed by atoms with van der Waals surface area (Å²) in [5.41, 5.74) is 3.50. The Morgan fingerprint density at radius 1 is 1.19 bits per heavy atom. The predicted molar refractivity (Wildman–Crippen MR) is 100 cm³/mol. The zero-order valence-electron chi connectivity index (χ0n) is 14.8. The number of rotatable bonds is 5. The number of aromatic nitrogens is 1. The lowest BCUT2D eigenvalue weighted by atomic mass is 10.1. The fourth-order valence-electron chi connectivity index (χ4n) is 2.62. The first-order chi connectivity index (χ1) is 12.5. The van der Waals surface area contributed by atoms with Crippen molar-refractivity contribution in [3.05, 3.63) is 70.4 Å². The largest absolute Gasteiger partial charge is 0.496 e. The molecule has 3 aromatic rings. The number of aryl methyl sites for hydroxylation is 1. The summed E-state index contributed by atoms with van der Waals surface area (Å²) in [4.78, 5) is 14.2. The minimum atomic E-state index is -0.266. The summed E-state index contributed by atoms with van der Waals surface area (Å²) in [7, 11) is 3.27. The summed E-state index contributed by atoms with van der Waals surface area (Å²) >= 11 is 6.05. The van der Waals surface area contributed by atoms with Gasteiger partial charge in [-0.05, 0) is 25.1 Å². The molecule has 0 bridgehead atoms. The van der Waals surface area contributed by atoms with E-state index in [-0.39, 0.29) is 11.7 Å². The molecule has 134 valence electrons. The third-order valence-electron chi connectivity index (χ3n) is 4.06. The van der Waals surface area contributed by atoms with Crippen LogP contribution < -0.4 is 4.74 Å². The Bertz CT molecular complexity index is 919. The second-order valence-corrected chi connectivity index (χ2v) is 6.50. The first kappa shape index (κ1) is 18.0. The van der Waals surface area contributed by atoms with Crippen LogP contribution in [0.3, 0.4) is 0 Å². The first-order valence-corrected chi connectivity index (χ1v) is 8.47. The van der Waals surface area contributed by atoms with E-state index in [1.165, 1.54) is 4.90 Å². The Labute approximate surface area is 157 Å². The molecule has 0 atom stereocenters. The summed E-state index contributed by atoms with van der Waals surface area (Å²) in [5, 5.41) is 4.59. The highest BCUT2D eigenvalue weighted by Crippen LogP contribution is 2.25. The smallest absolute Gasteiger partial charge is 0.292 e. The first-order valence-electron chi connectivity index (χ1n) is 8.09. The lowest BCUT2D eigenvalue weighted by Gasteiger charge is -2.17. The van der Waals surface area contributed by atoms with Crippen LogP contribution in [-0.4, -0.2) is 30.1 Å². The standard InChI is InChI=1S/C20H19ClN2O3/c1-13-4-6-14(7-5-13)17-11-19(26-22-17)20(24)23(2)12-15-10-16(21)8-9-18(15)25-3/h4-11H,12H2,1-3H3. The molecular weight excluding hydrogens is 352 g/mol. The molecule has 26 heavy (non-hydrogen) atoms. The van der Waals surface area contributed by atoms with Crippen molar-refractivity contribution in [1.29, 1.82) is 0 Å². The van der Waals surface area contributed by atoms with Crippen LogP contribution >= 0.6 is 11.6 Å². The minimum Gasteiger partial charge on any atom is -0.496 e. The van der Waals surface area contributed by atoms with E-state index in [2.05, 4.69) is 5.16 Å². The number of benzene rings is 2. The summed E-state index contributed by atoms with van der Waals surface area (Å²) < 4.78 is 10.6. The fourth-order valence-corrected chi connectivity index (χ4v) is 2.82. The molecule has 0 spiro atoms. The van der Waals surface area contributed by atoms with Crippen LogP contribution in [0.2, 0.25) is 5.02 Å². The van der Waals surface area contributed by atoms with E-state index >= 15 is 0 Å². The highest BCUT2D eigenvalue weighted by atomic mass is 35.5. The molecule has 6 heteroatoms. The van der Waals surface area contributed by atoms with Crippen LogP contribution in [0.1, 0.15) is 21.7 Å². The average molecular weight is 371 g/mol. The molecule has 1 aromatic heterocycles. The monoisotopic (exact) mass is 370 g/mol. The molecule has 3 rings (SSSR count). The van der Waals surface area contributed by atoms with Crippen molar-refractivity contribution < 1.29 is 14.1 Å². The highest BCUT2D eigenvalue weighted by molar-refractivity contribution is 6.30. The maximum atomic E-state index is 12.7. The van der Waals surface area contributed by atoms with Crippen LogP contribution in [0.15, 0.2) is 53.1 Å². The van der Waals surface area contributed by atoms with Gasteiger partial charge in [-0.1, -0.05) is 46.6 Å². The lowest BCUT2D eigenvalue weighted by Crippen LogP contribution is -2.26. The van der Waals surface area contributed by atoms with E-state index in [9.17, 15) is 4.79 Å². The van der Waals surface area contributed by atoms with Gasteiger partial charge >= 0.3 is 0 Å². The third-order valence-corrected chi connectivity index (χ3v) is 4.30. The summed E-state index contributed by atoms with van der Waals surface area (Å²) in [6.45, 7) is 2.35. The molecule has 0 N–H and O–H groups in total. The highest BCUT2D eigenvalue weighted by Gasteiger charge is 2.19. The molecule has 1 heterocycles. The van der Waals surface area contributed by atoms with Crippen LogP contribution in [0.25, 0.3) is 11.3 Å². The van der Waals surface area contributed by atoms with Gasteiger partial charge in [0.1, 0.15) is 11.4 Å². The van der Waals surface area contributed by atoms with Crippen LogP contribution in [0.5, 0.6) is 5.75 Å². The predicted octanol–water partition coefficient (Wildman–Crippen LogP) is 4.58. The van der Waals surface area contributed by atoms with Crippen molar-refractivity contribution in [2.45, 2.75) is 13.5 Å². The number of halogens is 1. The molecule has 0 fully saturated rings. The number of hydrogen-bond acceptors (Lipinski definition) is 4. The summed E-state index contributed by atoms with van der Waals surface area (Å²) in [6.07, 6.45) is 0. The summed E-state index contributed by atoms with van der Waals surface area (Å²) in [6, 6.07) is 14.8. The van der Waals surface area contributed by atoms with E-state index in [1.54, 1.807) is 38.4 Å². The number of carbonyl (C=O) groups excluding carboxylic acids is 1. The van der Waals surface area contributed by atoms with Crippen molar-refractivity contribution in [2.24, 2.45) is 0 Å².